The number of rotatable bonds is 8. The third-order valence-electron chi connectivity index (χ3n) is 3.42. The average molecular weight is 439 g/mol. The zero-order valence-electron chi connectivity index (χ0n) is 21.0. The van der Waals surface area contributed by atoms with Crippen LogP contribution in [0.2, 0.25) is 0 Å². The van der Waals surface area contributed by atoms with Gasteiger partial charge in [-0.05, 0) is 86.6 Å². The number of hydrogen-bond donors (Lipinski definition) is 0. The first-order valence-corrected chi connectivity index (χ1v) is 11.4. The maximum Gasteiger partial charge on any atom is 0.218 e. The summed E-state index contributed by atoms with van der Waals surface area (Å²) in [6.45, 7) is 24.4. The summed E-state index contributed by atoms with van der Waals surface area (Å²) in [4.78, 5) is 12.5. The Labute approximate surface area is 188 Å². The lowest BCUT2D eigenvalue weighted by molar-refractivity contribution is -0.401. The van der Waals surface area contributed by atoms with Crippen molar-refractivity contribution in [3.63, 3.8) is 0 Å². The number of ether oxygens (including phenoxy) is 1. The van der Waals surface area contributed by atoms with Crippen LogP contribution in [0.15, 0.2) is 39.4 Å². The molecule has 1 rings (SSSR count). The highest BCUT2D eigenvalue weighted by atomic mass is 32.2. The number of azo groups is 1. The molecule has 0 fully saturated rings. The van der Waals surface area contributed by atoms with Crippen LogP contribution in [0, 0.1) is 0 Å². The van der Waals surface area contributed by atoms with E-state index in [1.54, 1.807) is 0 Å². The fourth-order valence-corrected chi connectivity index (χ4v) is 3.57. The summed E-state index contributed by atoms with van der Waals surface area (Å²) in [6.07, 6.45) is 0.466. The van der Waals surface area contributed by atoms with E-state index in [4.69, 9.17) is 14.5 Å². The van der Waals surface area contributed by atoms with Crippen LogP contribution >= 0.6 is 11.8 Å². The molecule has 0 spiro atoms. The first-order valence-electron chi connectivity index (χ1n) is 10.6. The molecule has 0 heterocycles. The summed E-state index contributed by atoms with van der Waals surface area (Å²) in [5.74, 6) is 0.746. The molecule has 0 saturated heterocycles. The van der Waals surface area contributed by atoms with Crippen molar-refractivity contribution in [1.82, 2.24) is 0 Å². The van der Waals surface area contributed by atoms with Gasteiger partial charge in [0.15, 0.2) is 0 Å². The maximum atomic E-state index is 6.35. The van der Waals surface area contributed by atoms with E-state index in [9.17, 15) is 0 Å². The van der Waals surface area contributed by atoms with Crippen molar-refractivity contribution in [1.29, 1.82) is 0 Å². The van der Waals surface area contributed by atoms with Gasteiger partial charge < -0.3 is 4.74 Å². The zero-order chi connectivity index (χ0) is 23.4. The molecular weight excluding hydrogens is 396 g/mol. The van der Waals surface area contributed by atoms with E-state index in [0.29, 0.717) is 6.42 Å². The van der Waals surface area contributed by atoms with E-state index in [1.807, 2.05) is 86.2 Å². The van der Waals surface area contributed by atoms with Gasteiger partial charge in [-0.25, -0.2) is 9.78 Å². The molecule has 0 amide bonds. The normalized spacial score (nSPS) is 16.0. The molecule has 1 unspecified atom stereocenters. The SMILES string of the molecule is CC(C)(C)/N=N/C(C)(CC(C)(C)OOC(C)(C)C)Oc1ccc(SC(C)(C)C)cc1. The lowest BCUT2D eigenvalue weighted by Gasteiger charge is -2.35. The van der Waals surface area contributed by atoms with E-state index in [0.717, 1.165) is 5.75 Å². The van der Waals surface area contributed by atoms with Crippen LogP contribution in [0.25, 0.3) is 0 Å². The largest absolute Gasteiger partial charge is 0.465 e. The molecule has 1 atom stereocenters. The molecule has 0 aliphatic carbocycles. The predicted octanol–water partition coefficient (Wildman–Crippen LogP) is 7.84. The van der Waals surface area contributed by atoms with Crippen molar-refractivity contribution < 1.29 is 14.5 Å². The van der Waals surface area contributed by atoms with Gasteiger partial charge in [-0.3, -0.25) is 0 Å². The highest BCUT2D eigenvalue weighted by molar-refractivity contribution is 8.00. The van der Waals surface area contributed by atoms with E-state index >= 15 is 0 Å². The van der Waals surface area contributed by atoms with Gasteiger partial charge in [-0.15, -0.1) is 16.9 Å². The lowest BCUT2D eigenvalue weighted by Crippen LogP contribution is -2.41. The van der Waals surface area contributed by atoms with Crippen molar-refractivity contribution in [2.24, 2.45) is 10.2 Å². The highest BCUT2D eigenvalue weighted by Gasteiger charge is 2.38. The Bertz CT molecular complexity index is 695. The summed E-state index contributed by atoms with van der Waals surface area (Å²) in [6, 6.07) is 8.13. The first kappa shape index (κ1) is 26.9. The fourth-order valence-electron chi connectivity index (χ4n) is 2.59. The van der Waals surface area contributed by atoms with Crippen LogP contribution in [0.5, 0.6) is 5.75 Å². The van der Waals surface area contributed by atoms with Gasteiger partial charge in [0.05, 0.1) is 11.1 Å². The summed E-state index contributed by atoms with van der Waals surface area (Å²) in [5, 5.41) is 9.08. The third kappa shape index (κ3) is 11.9. The molecule has 6 heteroatoms. The van der Waals surface area contributed by atoms with E-state index in [1.165, 1.54) is 4.90 Å². The Hall–Kier alpha value is -1.11. The van der Waals surface area contributed by atoms with Crippen molar-refractivity contribution in [2.45, 2.75) is 122 Å². The van der Waals surface area contributed by atoms with Crippen molar-refractivity contribution in [2.75, 3.05) is 0 Å². The molecular formula is C24H42N2O3S. The van der Waals surface area contributed by atoms with Crippen LogP contribution in [0.4, 0.5) is 0 Å². The minimum atomic E-state index is -0.906. The van der Waals surface area contributed by atoms with E-state index < -0.39 is 16.9 Å². The van der Waals surface area contributed by atoms with Gasteiger partial charge in [0.2, 0.25) is 5.72 Å². The van der Waals surface area contributed by atoms with Crippen LogP contribution in [0.1, 0.15) is 89.5 Å². The highest BCUT2D eigenvalue weighted by Crippen LogP contribution is 2.35. The maximum absolute atomic E-state index is 6.35. The number of nitrogens with zero attached hydrogens (tertiary/aromatic N) is 2. The Morgan fingerprint density at radius 3 is 1.70 bits per heavy atom. The summed E-state index contributed by atoms with van der Waals surface area (Å²) >= 11 is 1.83. The first-order chi connectivity index (χ1) is 13.3. The smallest absolute Gasteiger partial charge is 0.218 e. The molecule has 0 aliphatic heterocycles. The van der Waals surface area contributed by atoms with Crippen molar-refractivity contribution in [3.8, 4) is 5.75 Å². The monoisotopic (exact) mass is 438 g/mol. The predicted molar refractivity (Wildman–Crippen MR) is 126 cm³/mol. The Morgan fingerprint density at radius 1 is 0.733 bits per heavy atom. The van der Waals surface area contributed by atoms with Crippen LogP contribution in [-0.2, 0) is 9.78 Å². The quantitative estimate of drug-likeness (QED) is 0.179. The second-order valence-corrected chi connectivity index (χ2v) is 13.4. The molecule has 172 valence electrons. The van der Waals surface area contributed by atoms with Gasteiger partial charge >= 0.3 is 0 Å². The second kappa shape index (κ2) is 9.58. The van der Waals surface area contributed by atoms with Gasteiger partial charge in [-0.1, -0.05) is 20.8 Å². The molecule has 0 aromatic heterocycles. The van der Waals surface area contributed by atoms with E-state index in [2.05, 4.69) is 43.1 Å². The van der Waals surface area contributed by atoms with Crippen LogP contribution in [-0.4, -0.2) is 27.2 Å². The Balaban J connectivity index is 3.06. The Kier molecular flexibility index (Phi) is 8.59. The molecule has 0 aliphatic rings. The summed E-state index contributed by atoms with van der Waals surface area (Å²) in [5.41, 5.74) is -2.23. The molecule has 5 nitrogen and oxygen atoms in total. The average Bonchev–Trinajstić information content (AvgIpc) is 2.50. The summed E-state index contributed by atoms with van der Waals surface area (Å²) < 4.78 is 6.50. The number of benzene rings is 1. The molecule has 0 saturated carbocycles. The second-order valence-electron chi connectivity index (χ2n) is 11.5. The van der Waals surface area contributed by atoms with Gasteiger partial charge in [-0.2, -0.15) is 5.11 Å². The minimum absolute atomic E-state index is 0.159. The lowest BCUT2D eigenvalue weighted by atomic mass is 9.97. The molecule has 0 radical (unpaired) electrons. The zero-order valence-corrected chi connectivity index (χ0v) is 21.9. The molecule has 0 bridgehead atoms. The third-order valence-corrected chi connectivity index (χ3v) is 4.54. The van der Waals surface area contributed by atoms with Crippen LogP contribution in [0.3, 0.4) is 0 Å². The fraction of sp³-hybridized carbons (Fsp3) is 0.750. The standard InChI is InChI=1S/C24H42N2O3S/c1-20(2,3)25-26-24(12,17-23(10,11)29-28-21(4,5)6)27-18-13-15-19(16-14-18)30-22(7,8)9/h13-16H,17H2,1-12H3/b26-25+. The molecule has 1 aromatic rings. The summed E-state index contributed by atoms with van der Waals surface area (Å²) in [7, 11) is 0. The molecule has 0 N–H and O–H groups in total. The van der Waals surface area contributed by atoms with Crippen molar-refractivity contribution >= 4 is 11.8 Å². The van der Waals surface area contributed by atoms with E-state index in [-0.39, 0.29) is 10.3 Å². The topological polar surface area (TPSA) is 52.4 Å². The molecule has 1 aromatic carbocycles. The number of thioether (sulfide) groups is 1. The van der Waals surface area contributed by atoms with Crippen LogP contribution < -0.4 is 4.74 Å². The molecule has 30 heavy (non-hydrogen) atoms. The Morgan fingerprint density at radius 2 is 1.27 bits per heavy atom. The number of hydrogen-bond acceptors (Lipinski definition) is 6. The van der Waals surface area contributed by atoms with Gasteiger partial charge in [0, 0.05) is 16.1 Å². The minimum Gasteiger partial charge on any atom is -0.465 e. The van der Waals surface area contributed by atoms with Gasteiger partial charge in [0.25, 0.3) is 0 Å². The van der Waals surface area contributed by atoms with Gasteiger partial charge in [0.1, 0.15) is 11.4 Å². The van der Waals surface area contributed by atoms with Crippen molar-refractivity contribution in [3.05, 3.63) is 24.3 Å².